The van der Waals surface area contributed by atoms with Crippen LogP contribution in [0.5, 0.6) is 0 Å². The van der Waals surface area contributed by atoms with Gasteiger partial charge < -0.3 is 21.3 Å². The molecule has 1 atom stereocenters. The van der Waals surface area contributed by atoms with Gasteiger partial charge in [0.05, 0.1) is 0 Å². The maximum Gasteiger partial charge on any atom is 0.225 e. The molecule has 0 spiro atoms. The lowest BCUT2D eigenvalue weighted by Gasteiger charge is -2.26. The average molecular weight is 379 g/mol. The molecule has 0 aromatic heterocycles. The van der Waals surface area contributed by atoms with Crippen LogP contribution in [0.15, 0.2) is 53.5 Å². The van der Waals surface area contributed by atoms with Gasteiger partial charge in [0.1, 0.15) is 0 Å². The van der Waals surface area contributed by atoms with Crippen LogP contribution in [-0.2, 0) is 16.1 Å². The van der Waals surface area contributed by atoms with Gasteiger partial charge in [-0.15, -0.1) is 0 Å². The maximum absolute atomic E-state index is 12.0. The fraction of sp³-hybridized carbons (Fsp3) is 0.286. The van der Waals surface area contributed by atoms with Gasteiger partial charge in [0.15, 0.2) is 5.96 Å². The van der Waals surface area contributed by atoms with E-state index in [9.17, 15) is 9.59 Å². The smallest absolute Gasteiger partial charge is 0.225 e. The van der Waals surface area contributed by atoms with Gasteiger partial charge in [-0.25, -0.2) is 0 Å². The van der Waals surface area contributed by atoms with Crippen LogP contribution in [0.4, 0.5) is 11.4 Å². The summed E-state index contributed by atoms with van der Waals surface area (Å²) >= 11 is 0. The van der Waals surface area contributed by atoms with Gasteiger partial charge in [0, 0.05) is 50.8 Å². The Kier molecular flexibility index (Phi) is 6.26. The Bertz CT molecular complexity index is 894. The van der Waals surface area contributed by atoms with E-state index in [1.807, 2.05) is 48.5 Å². The summed E-state index contributed by atoms with van der Waals surface area (Å²) in [7, 11) is 1.71. The van der Waals surface area contributed by atoms with Crippen molar-refractivity contribution in [2.24, 2.45) is 4.99 Å². The number of guanidine groups is 1. The number of para-hydroxylation sites is 1. The third kappa shape index (κ3) is 5.09. The first-order valence-corrected chi connectivity index (χ1v) is 9.25. The molecule has 1 unspecified atom stereocenters. The van der Waals surface area contributed by atoms with Crippen molar-refractivity contribution >= 4 is 29.1 Å². The second kappa shape index (κ2) is 9.03. The van der Waals surface area contributed by atoms with Crippen LogP contribution in [-0.4, -0.2) is 31.4 Å². The lowest BCUT2D eigenvalue weighted by Crippen LogP contribution is -2.40. The highest BCUT2D eigenvalue weighted by Crippen LogP contribution is 2.31. The van der Waals surface area contributed by atoms with E-state index >= 15 is 0 Å². The van der Waals surface area contributed by atoms with Crippen LogP contribution in [0.1, 0.15) is 30.4 Å². The maximum atomic E-state index is 12.0. The highest BCUT2D eigenvalue weighted by atomic mass is 16.2. The molecule has 2 aromatic carbocycles. The van der Waals surface area contributed by atoms with Crippen molar-refractivity contribution in [3.63, 3.8) is 0 Å². The molecule has 3 rings (SSSR count). The molecule has 0 saturated carbocycles. The zero-order chi connectivity index (χ0) is 19.9. The van der Waals surface area contributed by atoms with E-state index in [0.717, 1.165) is 22.5 Å². The lowest BCUT2D eigenvalue weighted by atomic mass is 9.90. The van der Waals surface area contributed by atoms with E-state index in [1.54, 1.807) is 7.05 Å². The Hall–Kier alpha value is -3.35. The first-order chi connectivity index (χ1) is 13.5. The zero-order valence-electron chi connectivity index (χ0n) is 16.1. The van der Waals surface area contributed by atoms with E-state index in [-0.39, 0.29) is 17.7 Å². The molecule has 1 heterocycles. The number of anilines is 2. The standard InChI is InChI=1S/C21H25N5O2/c1-14(27)25-17-7-5-6-15(10-17)12-23-21(22-2)24-13-16-11-20(28)26-19-9-4-3-8-18(16)19/h3-10,16H,11-13H2,1-2H3,(H,25,27)(H,26,28)(H2,22,23,24). The van der Waals surface area contributed by atoms with Crippen LogP contribution >= 0.6 is 0 Å². The molecule has 7 heteroatoms. The van der Waals surface area contributed by atoms with Crippen molar-refractivity contribution < 1.29 is 9.59 Å². The molecule has 1 aliphatic rings. The van der Waals surface area contributed by atoms with Gasteiger partial charge in [-0.1, -0.05) is 30.3 Å². The van der Waals surface area contributed by atoms with E-state index in [1.165, 1.54) is 6.92 Å². The Balaban J connectivity index is 1.57. The predicted molar refractivity (Wildman–Crippen MR) is 111 cm³/mol. The molecule has 0 radical (unpaired) electrons. The third-order valence-electron chi connectivity index (χ3n) is 4.55. The molecule has 0 aliphatic carbocycles. The number of rotatable bonds is 5. The van der Waals surface area contributed by atoms with E-state index in [4.69, 9.17) is 0 Å². The first-order valence-electron chi connectivity index (χ1n) is 9.25. The minimum absolute atomic E-state index is 0.0308. The summed E-state index contributed by atoms with van der Waals surface area (Å²) in [6.45, 7) is 2.66. The summed E-state index contributed by atoms with van der Waals surface area (Å²) in [5, 5.41) is 12.3. The number of benzene rings is 2. The van der Waals surface area contributed by atoms with Crippen LogP contribution in [0.25, 0.3) is 0 Å². The summed E-state index contributed by atoms with van der Waals surface area (Å²) in [5.74, 6) is 0.683. The topological polar surface area (TPSA) is 94.6 Å². The quantitative estimate of drug-likeness (QED) is 0.474. The number of fused-ring (bicyclic) bond motifs is 1. The molecule has 28 heavy (non-hydrogen) atoms. The van der Waals surface area contributed by atoms with Crippen molar-refractivity contribution in [1.29, 1.82) is 0 Å². The molecular formula is C21H25N5O2. The van der Waals surface area contributed by atoms with Crippen molar-refractivity contribution in [3.05, 3.63) is 59.7 Å². The molecule has 0 saturated heterocycles. The summed E-state index contributed by atoms with van der Waals surface area (Å²) in [6, 6.07) is 15.5. The van der Waals surface area contributed by atoms with Gasteiger partial charge in [0.2, 0.25) is 11.8 Å². The Labute approximate surface area is 164 Å². The molecule has 4 N–H and O–H groups in total. The Morgan fingerprint density at radius 2 is 2.00 bits per heavy atom. The van der Waals surface area contributed by atoms with Gasteiger partial charge in [0.25, 0.3) is 0 Å². The average Bonchev–Trinajstić information content (AvgIpc) is 2.67. The summed E-state index contributed by atoms with van der Waals surface area (Å²) in [5.41, 5.74) is 3.80. The summed E-state index contributed by atoms with van der Waals surface area (Å²) in [4.78, 5) is 27.4. The number of aliphatic imine (C=N–C) groups is 1. The van der Waals surface area contributed by atoms with Crippen molar-refractivity contribution in [1.82, 2.24) is 10.6 Å². The second-order valence-electron chi connectivity index (χ2n) is 6.72. The van der Waals surface area contributed by atoms with Crippen LogP contribution in [0.3, 0.4) is 0 Å². The first kappa shape index (κ1) is 19.4. The highest BCUT2D eigenvalue weighted by molar-refractivity contribution is 5.94. The van der Waals surface area contributed by atoms with Gasteiger partial charge in [-0.3, -0.25) is 14.6 Å². The van der Waals surface area contributed by atoms with Crippen molar-refractivity contribution in [2.45, 2.75) is 25.8 Å². The lowest BCUT2D eigenvalue weighted by molar-refractivity contribution is -0.117. The fourth-order valence-corrected chi connectivity index (χ4v) is 3.27. The zero-order valence-corrected chi connectivity index (χ0v) is 16.1. The monoisotopic (exact) mass is 379 g/mol. The minimum atomic E-state index is -0.0978. The van der Waals surface area contributed by atoms with Gasteiger partial charge in [-0.05, 0) is 29.3 Å². The van der Waals surface area contributed by atoms with Gasteiger partial charge in [-0.2, -0.15) is 0 Å². The van der Waals surface area contributed by atoms with Crippen molar-refractivity contribution in [3.8, 4) is 0 Å². The number of amides is 2. The Morgan fingerprint density at radius 1 is 1.18 bits per heavy atom. The number of hydrogen-bond donors (Lipinski definition) is 4. The summed E-state index contributed by atoms with van der Waals surface area (Å²) < 4.78 is 0. The molecule has 0 fully saturated rings. The van der Waals surface area contributed by atoms with Crippen LogP contribution in [0.2, 0.25) is 0 Å². The molecule has 1 aliphatic heterocycles. The Morgan fingerprint density at radius 3 is 2.79 bits per heavy atom. The fourth-order valence-electron chi connectivity index (χ4n) is 3.27. The largest absolute Gasteiger partial charge is 0.356 e. The molecule has 2 aromatic rings. The predicted octanol–water partition coefficient (Wildman–Crippen LogP) is 2.44. The molecular weight excluding hydrogens is 354 g/mol. The number of nitrogens with one attached hydrogen (secondary N) is 4. The molecule has 7 nitrogen and oxygen atoms in total. The number of nitrogens with zero attached hydrogens (tertiary/aromatic N) is 1. The van der Waals surface area contributed by atoms with Crippen molar-refractivity contribution in [2.75, 3.05) is 24.2 Å². The summed E-state index contributed by atoms with van der Waals surface area (Å²) in [6.07, 6.45) is 0.444. The highest BCUT2D eigenvalue weighted by Gasteiger charge is 2.24. The van der Waals surface area contributed by atoms with E-state index in [2.05, 4.69) is 26.3 Å². The third-order valence-corrected chi connectivity index (χ3v) is 4.55. The SMILES string of the molecule is CN=C(NCc1cccc(NC(C)=O)c1)NCC1CC(=O)Nc2ccccc21. The van der Waals surface area contributed by atoms with E-state index in [0.29, 0.717) is 25.5 Å². The second-order valence-corrected chi connectivity index (χ2v) is 6.72. The number of hydrogen-bond acceptors (Lipinski definition) is 3. The molecule has 2 amide bonds. The number of carbonyl (C=O) groups is 2. The molecule has 146 valence electrons. The molecule has 0 bridgehead atoms. The van der Waals surface area contributed by atoms with Crippen LogP contribution < -0.4 is 21.3 Å². The minimum Gasteiger partial charge on any atom is -0.356 e. The number of carbonyl (C=O) groups excluding carboxylic acids is 2. The van der Waals surface area contributed by atoms with Gasteiger partial charge >= 0.3 is 0 Å². The van der Waals surface area contributed by atoms with Crippen LogP contribution in [0, 0.1) is 0 Å². The van der Waals surface area contributed by atoms with E-state index < -0.39 is 0 Å². The normalized spacial score (nSPS) is 16.0.